The SMILES string of the molecule is CN1CCCN(C)C(c2nc3c(c(=O)[nH]2)COCC3)C1. The van der Waals surface area contributed by atoms with Gasteiger partial charge in [0, 0.05) is 13.0 Å². The molecular weight excluding hydrogens is 256 g/mol. The summed E-state index contributed by atoms with van der Waals surface area (Å²) in [4.78, 5) is 24.5. The summed E-state index contributed by atoms with van der Waals surface area (Å²) in [6.07, 6.45) is 1.88. The second-order valence-electron chi connectivity index (χ2n) is 5.79. The summed E-state index contributed by atoms with van der Waals surface area (Å²) < 4.78 is 5.34. The van der Waals surface area contributed by atoms with Crippen molar-refractivity contribution in [2.45, 2.75) is 25.5 Å². The maximum absolute atomic E-state index is 12.2. The molecule has 0 amide bonds. The number of aromatic amines is 1. The molecule has 0 aromatic carbocycles. The smallest absolute Gasteiger partial charge is 0.256 e. The predicted octanol–water partition coefficient (Wildman–Crippen LogP) is 0.151. The molecule has 1 saturated heterocycles. The van der Waals surface area contributed by atoms with Gasteiger partial charge in [-0.1, -0.05) is 0 Å². The molecular formula is C14H22N4O2. The zero-order valence-electron chi connectivity index (χ0n) is 12.2. The van der Waals surface area contributed by atoms with Crippen molar-refractivity contribution in [3.8, 4) is 0 Å². The zero-order chi connectivity index (χ0) is 14.1. The number of nitrogens with one attached hydrogen (secondary N) is 1. The third kappa shape index (κ3) is 2.63. The lowest BCUT2D eigenvalue weighted by molar-refractivity contribution is 0.107. The molecule has 1 aromatic rings. The summed E-state index contributed by atoms with van der Waals surface area (Å²) in [7, 11) is 4.23. The summed E-state index contributed by atoms with van der Waals surface area (Å²) in [6, 6.07) is 0.156. The van der Waals surface area contributed by atoms with E-state index in [4.69, 9.17) is 9.72 Å². The molecule has 2 aliphatic rings. The van der Waals surface area contributed by atoms with Crippen LogP contribution in [0.25, 0.3) is 0 Å². The van der Waals surface area contributed by atoms with Gasteiger partial charge in [-0.2, -0.15) is 0 Å². The van der Waals surface area contributed by atoms with Crippen LogP contribution in [0.3, 0.4) is 0 Å². The number of ether oxygens (including phenoxy) is 1. The molecule has 1 aromatic heterocycles. The molecule has 0 bridgehead atoms. The second kappa shape index (κ2) is 5.63. The van der Waals surface area contributed by atoms with E-state index in [1.54, 1.807) is 0 Å². The Labute approximate surface area is 118 Å². The van der Waals surface area contributed by atoms with Gasteiger partial charge in [-0.05, 0) is 33.6 Å². The number of likely N-dealkylation sites (N-methyl/N-ethyl adjacent to an activating group) is 2. The number of aromatic nitrogens is 2. The lowest BCUT2D eigenvalue weighted by Gasteiger charge is -2.27. The molecule has 3 heterocycles. The Kier molecular flexibility index (Phi) is 3.87. The first kappa shape index (κ1) is 13.7. The Morgan fingerprint density at radius 3 is 3.05 bits per heavy atom. The first-order chi connectivity index (χ1) is 9.65. The van der Waals surface area contributed by atoms with E-state index in [1.165, 1.54) is 0 Å². The van der Waals surface area contributed by atoms with Crippen LogP contribution in [0.1, 0.15) is 29.5 Å². The Bertz CT molecular complexity index is 542. The van der Waals surface area contributed by atoms with E-state index in [1.807, 2.05) is 0 Å². The zero-order valence-corrected chi connectivity index (χ0v) is 12.2. The van der Waals surface area contributed by atoms with Crippen LogP contribution >= 0.6 is 0 Å². The van der Waals surface area contributed by atoms with E-state index >= 15 is 0 Å². The fraction of sp³-hybridized carbons (Fsp3) is 0.714. The Morgan fingerprint density at radius 1 is 1.35 bits per heavy atom. The summed E-state index contributed by atoms with van der Waals surface area (Å²) in [5, 5.41) is 0. The first-order valence-electron chi connectivity index (χ1n) is 7.23. The molecule has 0 radical (unpaired) electrons. The largest absolute Gasteiger partial charge is 0.376 e. The highest BCUT2D eigenvalue weighted by Gasteiger charge is 2.26. The van der Waals surface area contributed by atoms with Crippen LogP contribution < -0.4 is 5.56 Å². The highest BCUT2D eigenvalue weighted by molar-refractivity contribution is 5.20. The van der Waals surface area contributed by atoms with Crippen molar-refractivity contribution in [3.63, 3.8) is 0 Å². The average molecular weight is 278 g/mol. The second-order valence-corrected chi connectivity index (χ2v) is 5.79. The van der Waals surface area contributed by atoms with Crippen molar-refractivity contribution in [2.75, 3.05) is 40.3 Å². The minimum atomic E-state index is -0.0370. The molecule has 1 N–H and O–H groups in total. The van der Waals surface area contributed by atoms with Gasteiger partial charge in [0.25, 0.3) is 5.56 Å². The number of hydrogen-bond donors (Lipinski definition) is 1. The first-order valence-corrected chi connectivity index (χ1v) is 7.23. The van der Waals surface area contributed by atoms with E-state index in [2.05, 4.69) is 28.9 Å². The molecule has 6 nitrogen and oxygen atoms in total. The molecule has 0 aliphatic carbocycles. The predicted molar refractivity (Wildman–Crippen MR) is 75.7 cm³/mol. The van der Waals surface area contributed by atoms with Gasteiger partial charge in [-0.15, -0.1) is 0 Å². The van der Waals surface area contributed by atoms with Crippen molar-refractivity contribution >= 4 is 0 Å². The number of rotatable bonds is 1. The molecule has 3 rings (SSSR count). The van der Waals surface area contributed by atoms with E-state index < -0.39 is 0 Å². The van der Waals surface area contributed by atoms with Gasteiger partial charge in [0.05, 0.1) is 30.5 Å². The third-order valence-electron chi connectivity index (χ3n) is 4.23. The van der Waals surface area contributed by atoms with E-state index in [9.17, 15) is 4.79 Å². The van der Waals surface area contributed by atoms with E-state index in [-0.39, 0.29) is 11.6 Å². The fourth-order valence-electron chi connectivity index (χ4n) is 2.99. The van der Waals surface area contributed by atoms with E-state index in [0.29, 0.717) is 18.8 Å². The van der Waals surface area contributed by atoms with Crippen LogP contribution in [0.5, 0.6) is 0 Å². The Hall–Kier alpha value is -1.24. The molecule has 20 heavy (non-hydrogen) atoms. The van der Waals surface area contributed by atoms with Crippen molar-refractivity contribution in [3.05, 3.63) is 27.4 Å². The van der Waals surface area contributed by atoms with Crippen LogP contribution in [0.15, 0.2) is 4.79 Å². The number of H-pyrrole nitrogens is 1. The van der Waals surface area contributed by atoms with Crippen molar-refractivity contribution in [2.24, 2.45) is 0 Å². The number of hydrogen-bond acceptors (Lipinski definition) is 5. The molecule has 1 atom stereocenters. The van der Waals surface area contributed by atoms with Crippen LogP contribution in [-0.4, -0.2) is 60.1 Å². The fourth-order valence-corrected chi connectivity index (χ4v) is 2.99. The highest BCUT2D eigenvalue weighted by Crippen LogP contribution is 2.21. The molecule has 6 heteroatoms. The standard InChI is InChI=1S/C14H22N4O2/c1-17-5-3-6-18(2)12(8-17)13-15-11-4-7-20-9-10(11)14(19)16-13/h12H,3-9H2,1-2H3,(H,15,16,19). The van der Waals surface area contributed by atoms with Gasteiger partial charge in [0.15, 0.2) is 0 Å². The monoisotopic (exact) mass is 278 g/mol. The summed E-state index contributed by atoms with van der Waals surface area (Å²) in [6.45, 7) is 4.05. The number of fused-ring (bicyclic) bond motifs is 1. The molecule has 0 spiro atoms. The molecule has 1 fully saturated rings. The Balaban J connectivity index is 1.96. The molecule has 1 unspecified atom stereocenters. The number of nitrogens with zero attached hydrogens (tertiary/aromatic N) is 3. The topological polar surface area (TPSA) is 61.5 Å². The van der Waals surface area contributed by atoms with Gasteiger partial charge < -0.3 is 14.6 Å². The van der Waals surface area contributed by atoms with Gasteiger partial charge in [0.1, 0.15) is 5.82 Å². The maximum atomic E-state index is 12.2. The normalized spacial score (nSPS) is 25.2. The Morgan fingerprint density at radius 2 is 2.20 bits per heavy atom. The lowest BCUT2D eigenvalue weighted by atomic mass is 10.1. The summed E-state index contributed by atoms with van der Waals surface area (Å²) in [5.74, 6) is 0.798. The van der Waals surface area contributed by atoms with Crippen molar-refractivity contribution in [1.29, 1.82) is 0 Å². The van der Waals surface area contributed by atoms with Crippen LogP contribution in [0, 0.1) is 0 Å². The van der Waals surface area contributed by atoms with E-state index in [0.717, 1.165) is 44.0 Å². The van der Waals surface area contributed by atoms with Gasteiger partial charge in [-0.25, -0.2) is 4.98 Å². The molecule has 2 aliphatic heterocycles. The summed E-state index contributed by atoms with van der Waals surface area (Å²) in [5.41, 5.74) is 1.57. The van der Waals surface area contributed by atoms with Crippen LogP contribution in [0.4, 0.5) is 0 Å². The van der Waals surface area contributed by atoms with Gasteiger partial charge >= 0.3 is 0 Å². The minimum absolute atomic E-state index is 0.0370. The van der Waals surface area contributed by atoms with Crippen LogP contribution in [0.2, 0.25) is 0 Å². The average Bonchev–Trinajstić information content (AvgIpc) is 2.60. The van der Waals surface area contributed by atoms with Crippen LogP contribution in [-0.2, 0) is 17.8 Å². The molecule has 0 saturated carbocycles. The third-order valence-corrected chi connectivity index (χ3v) is 4.23. The quantitative estimate of drug-likeness (QED) is 0.792. The van der Waals surface area contributed by atoms with Crippen molar-refractivity contribution < 1.29 is 4.74 Å². The lowest BCUT2D eigenvalue weighted by Crippen LogP contribution is -2.35. The maximum Gasteiger partial charge on any atom is 0.256 e. The van der Waals surface area contributed by atoms with Gasteiger partial charge in [-0.3, -0.25) is 9.69 Å². The van der Waals surface area contributed by atoms with Gasteiger partial charge in [0.2, 0.25) is 0 Å². The summed E-state index contributed by atoms with van der Waals surface area (Å²) >= 11 is 0. The minimum Gasteiger partial charge on any atom is -0.376 e. The molecule has 110 valence electrons. The van der Waals surface area contributed by atoms with Crippen molar-refractivity contribution in [1.82, 2.24) is 19.8 Å². The highest BCUT2D eigenvalue weighted by atomic mass is 16.5.